The van der Waals surface area contributed by atoms with Crippen LogP contribution in [0, 0.1) is 12.7 Å². The van der Waals surface area contributed by atoms with Crippen molar-refractivity contribution in [3.05, 3.63) is 65.0 Å². The maximum atomic E-state index is 14.0. The van der Waals surface area contributed by atoms with Gasteiger partial charge in [0, 0.05) is 32.4 Å². The number of thiazole rings is 1. The highest BCUT2D eigenvalue weighted by Gasteiger charge is 2.26. The lowest BCUT2D eigenvalue weighted by atomic mass is 10.2. The van der Waals surface area contributed by atoms with E-state index >= 15 is 0 Å². The quantitative estimate of drug-likeness (QED) is 0.728. The third-order valence-electron chi connectivity index (χ3n) is 4.65. The van der Waals surface area contributed by atoms with Gasteiger partial charge in [0.15, 0.2) is 5.13 Å². The molecule has 6 nitrogen and oxygen atoms in total. The molecule has 1 saturated heterocycles. The van der Waals surface area contributed by atoms with E-state index in [9.17, 15) is 9.18 Å². The number of nitrogens with zero attached hydrogens (tertiary/aromatic N) is 4. The Kier molecular flexibility index (Phi) is 5.21. The fourth-order valence-corrected chi connectivity index (χ4v) is 4.14. The molecule has 1 fully saturated rings. The molecular formula is C20H20FN5OS. The van der Waals surface area contributed by atoms with Gasteiger partial charge in [0.25, 0.3) is 5.91 Å². The van der Waals surface area contributed by atoms with Crippen LogP contribution < -0.4 is 10.2 Å². The number of hydrogen-bond donors (Lipinski definition) is 1. The predicted octanol–water partition coefficient (Wildman–Crippen LogP) is 3.69. The highest BCUT2D eigenvalue weighted by molar-refractivity contribution is 7.17. The number of halogens is 1. The Morgan fingerprint density at radius 2 is 1.86 bits per heavy atom. The van der Waals surface area contributed by atoms with E-state index in [1.54, 1.807) is 18.3 Å². The molecule has 0 spiro atoms. The van der Waals surface area contributed by atoms with Crippen LogP contribution in [0.25, 0.3) is 0 Å². The number of rotatable bonds is 4. The van der Waals surface area contributed by atoms with Gasteiger partial charge in [0.05, 0.1) is 11.4 Å². The van der Waals surface area contributed by atoms with Gasteiger partial charge in [-0.05, 0) is 31.2 Å². The Morgan fingerprint density at radius 1 is 1.11 bits per heavy atom. The summed E-state index contributed by atoms with van der Waals surface area (Å²) in [5.41, 5.74) is 1.29. The Hall–Kier alpha value is -3.00. The van der Waals surface area contributed by atoms with Crippen molar-refractivity contribution < 1.29 is 9.18 Å². The highest BCUT2D eigenvalue weighted by Crippen LogP contribution is 2.27. The average molecular weight is 397 g/mol. The highest BCUT2D eigenvalue weighted by atomic mass is 32.1. The van der Waals surface area contributed by atoms with Crippen LogP contribution in [-0.2, 0) is 0 Å². The number of carbonyl (C=O) groups is 1. The second kappa shape index (κ2) is 7.93. The summed E-state index contributed by atoms with van der Waals surface area (Å²) in [7, 11) is 0. The van der Waals surface area contributed by atoms with Crippen LogP contribution >= 0.6 is 11.3 Å². The Morgan fingerprint density at radius 3 is 2.57 bits per heavy atom. The summed E-state index contributed by atoms with van der Waals surface area (Å²) in [5, 5.41) is 3.78. The first-order valence-electron chi connectivity index (χ1n) is 9.06. The molecule has 0 saturated carbocycles. The number of aromatic nitrogens is 2. The van der Waals surface area contributed by atoms with E-state index < -0.39 is 0 Å². The number of nitrogens with one attached hydrogen (secondary N) is 1. The summed E-state index contributed by atoms with van der Waals surface area (Å²) in [6.45, 7) is 4.14. The molecule has 1 aliphatic rings. The molecule has 1 aliphatic heterocycles. The summed E-state index contributed by atoms with van der Waals surface area (Å²) in [4.78, 5) is 26.0. The monoisotopic (exact) mass is 397 g/mol. The molecule has 0 aliphatic carbocycles. The number of piperazine rings is 1. The van der Waals surface area contributed by atoms with Gasteiger partial charge in [-0.1, -0.05) is 29.5 Å². The zero-order valence-electron chi connectivity index (χ0n) is 15.4. The SMILES string of the molecule is Cc1nc(Nc2ccccn2)sc1C(=O)N1CCN(c2ccccc2F)CC1. The molecule has 1 amide bonds. The minimum Gasteiger partial charge on any atom is -0.366 e. The third kappa shape index (κ3) is 3.82. The number of pyridine rings is 1. The molecule has 28 heavy (non-hydrogen) atoms. The molecule has 3 aromatic rings. The molecule has 1 N–H and O–H groups in total. The summed E-state index contributed by atoms with van der Waals surface area (Å²) in [6, 6.07) is 12.3. The van der Waals surface area contributed by atoms with Crippen molar-refractivity contribution in [1.82, 2.24) is 14.9 Å². The zero-order chi connectivity index (χ0) is 19.5. The fraction of sp³-hybridized carbons (Fsp3) is 0.250. The number of benzene rings is 1. The molecule has 3 heterocycles. The van der Waals surface area contributed by atoms with Crippen molar-refractivity contribution in [2.24, 2.45) is 0 Å². The standard InChI is InChI=1S/C20H20FN5OS/c1-14-18(28-20(23-14)24-17-8-4-5-9-22-17)19(27)26-12-10-25(11-13-26)16-7-3-2-6-15(16)21/h2-9H,10-13H2,1H3,(H,22,23,24). The summed E-state index contributed by atoms with van der Waals surface area (Å²) in [5.74, 6) is 0.428. The number of carbonyl (C=O) groups excluding carboxylic acids is 1. The van der Waals surface area contributed by atoms with Gasteiger partial charge in [0.1, 0.15) is 16.5 Å². The number of para-hydroxylation sites is 1. The van der Waals surface area contributed by atoms with E-state index in [1.165, 1.54) is 17.4 Å². The van der Waals surface area contributed by atoms with Crippen molar-refractivity contribution in [2.75, 3.05) is 36.4 Å². The predicted molar refractivity (Wildman–Crippen MR) is 109 cm³/mol. The smallest absolute Gasteiger partial charge is 0.266 e. The van der Waals surface area contributed by atoms with Crippen molar-refractivity contribution in [3.8, 4) is 0 Å². The Bertz CT molecular complexity index is 970. The second-order valence-corrected chi connectivity index (χ2v) is 7.50. The van der Waals surface area contributed by atoms with Gasteiger partial charge in [0.2, 0.25) is 0 Å². The van der Waals surface area contributed by atoms with Crippen LogP contribution in [0.2, 0.25) is 0 Å². The van der Waals surface area contributed by atoms with E-state index in [2.05, 4.69) is 15.3 Å². The van der Waals surface area contributed by atoms with Crippen LogP contribution in [-0.4, -0.2) is 47.0 Å². The molecule has 4 rings (SSSR count). The molecule has 8 heteroatoms. The van der Waals surface area contributed by atoms with Crippen LogP contribution in [0.5, 0.6) is 0 Å². The van der Waals surface area contributed by atoms with Crippen molar-refractivity contribution in [2.45, 2.75) is 6.92 Å². The van der Waals surface area contributed by atoms with Gasteiger partial charge in [-0.15, -0.1) is 0 Å². The molecule has 0 radical (unpaired) electrons. The van der Waals surface area contributed by atoms with Crippen molar-refractivity contribution in [3.63, 3.8) is 0 Å². The number of anilines is 3. The maximum absolute atomic E-state index is 14.0. The zero-order valence-corrected chi connectivity index (χ0v) is 16.2. The van der Waals surface area contributed by atoms with E-state index in [0.717, 1.165) is 0 Å². The maximum Gasteiger partial charge on any atom is 0.266 e. The molecule has 1 aromatic carbocycles. The van der Waals surface area contributed by atoms with E-state index in [4.69, 9.17) is 0 Å². The molecular weight excluding hydrogens is 377 g/mol. The Labute approximate surface area is 166 Å². The van der Waals surface area contributed by atoms with Crippen molar-refractivity contribution in [1.29, 1.82) is 0 Å². The van der Waals surface area contributed by atoms with E-state index in [-0.39, 0.29) is 11.7 Å². The van der Waals surface area contributed by atoms with E-state index in [1.807, 2.05) is 41.0 Å². The van der Waals surface area contributed by atoms with Crippen LogP contribution in [0.3, 0.4) is 0 Å². The third-order valence-corrected chi connectivity index (χ3v) is 5.71. The first-order valence-corrected chi connectivity index (χ1v) is 9.88. The van der Waals surface area contributed by atoms with Gasteiger partial charge < -0.3 is 15.1 Å². The second-order valence-electron chi connectivity index (χ2n) is 6.50. The molecule has 2 aromatic heterocycles. The first-order chi connectivity index (χ1) is 13.6. The van der Waals surface area contributed by atoms with Crippen molar-refractivity contribution >= 4 is 33.9 Å². The van der Waals surface area contributed by atoms with Gasteiger partial charge in [-0.2, -0.15) is 0 Å². The summed E-state index contributed by atoms with van der Waals surface area (Å²) in [6.07, 6.45) is 1.70. The minimum absolute atomic E-state index is 0.0303. The topological polar surface area (TPSA) is 61.4 Å². The first kappa shape index (κ1) is 18.4. The normalized spacial score (nSPS) is 14.2. The molecule has 0 unspecified atom stereocenters. The van der Waals surface area contributed by atoms with Gasteiger partial charge >= 0.3 is 0 Å². The summed E-state index contributed by atoms with van der Waals surface area (Å²) < 4.78 is 14.0. The minimum atomic E-state index is -0.231. The van der Waals surface area contributed by atoms with E-state index in [0.29, 0.717) is 53.4 Å². The molecule has 144 valence electrons. The van der Waals surface area contributed by atoms with Gasteiger partial charge in [-0.3, -0.25) is 4.79 Å². The lowest BCUT2D eigenvalue weighted by Crippen LogP contribution is -2.49. The van der Waals surface area contributed by atoms with Crippen LogP contribution in [0.15, 0.2) is 48.7 Å². The number of aryl methyl sites for hydroxylation is 1. The van der Waals surface area contributed by atoms with Crippen LogP contribution in [0.4, 0.5) is 21.0 Å². The number of amides is 1. The lowest BCUT2D eigenvalue weighted by Gasteiger charge is -2.36. The van der Waals surface area contributed by atoms with Crippen LogP contribution in [0.1, 0.15) is 15.4 Å². The molecule has 0 bridgehead atoms. The largest absolute Gasteiger partial charge is 0.366 e. The average Bonchev–Trinajstić information content (AvgIpc) is 3.09. The Balaban J connectivity index is 1.42. The summed E-state index contributed by atoms with van der Waals surface area (Å²) >= 11 is 1.33. The van der Waals surface area contributed by atoms with Gasteiger partial charge in [-0.25, -0.2) is 14.4 Å². The lowest BCUT2D eigenvalue weighted by molar-refractivity contribution is 0.0750. The number of hydrogen-bond acceptors (Lipinski definition) is 6. The fourth-order valence-electron chi connectivity index (χ4n) is 3.20. The molecule has 0 atom stereocenters.